The van der Waals surface area contributed by atoms with E-state index in [-0.39, 0.29) is 17.9 Å². The number of carbonyl (C=O) groups excluding carboxylic acids is 1. The minimum atomic E-state index is -0.172. The van der Waals surface area contributed by atoms with E-state index in [1.54, 1.807) is 7.11 Å². The van der Waals surface area contributed by atoms with E-state index in [4.69, 9.17) is 9.84 Å². The summed E-state index contributed by atoms with van der Waals surface area (Å²) in [6, 6.07) is 0. The van der Waals surface area contributed by atoms with Gasteiger partial charge in [-0.2, -0.15) is 0 Å². The predicted octanol–water partition coefficient (Wildman–Crippen LogP) is 1.32. The molecule has 18 heavy (non-hydrogen) atoms. The van der Waals surface area contributed by atoms with E-state index in [1.165, 1.54) is 0 Å². The van der Waals surface area contributed by atoms with Crippen molar-refractivity contribution in [1.82, 2.24) is 4.90 Å². The van der Waals surface area contributed by atoms with Gasteiger partial charge in [0, 0.05) is 38.1 Å². The Morgan fingerprint density at radius 2 is 2.17 bits per heavy atom. The summed E-state index contributed by atoms with van der Waals surface area (Å²) < 4.78 is 5.07. The number of methoxy groups -OCH3 is 1. The Labute approximate surface area is 110 Å². The molecule has 1 aliphatic rings. The number of ether oxygens (including phenoxy) is 1. The van der Waals surface area contributed by atoms with Gasteiger partial charge in [-0.15, -0.1) is 0 Å². The van der Waals surface area contributed by atoms with Crippen molar-refractivity contribution in [2.24, 2.45) is 11.3 Å². The van der Waals surface area contributed by atoms with E-state index in [0.717, 1.165) is 32.4 Å². The molecule has 1 rings (SSSR count). The van der Waals surface area contributed by atoms with E-state index in [1.807, 2.05) is 13.8 Å². The highest BCUT2D eigenvalue weighted by molar-refractivity contribution is 5.87. The number of aliphatic hydroxyl groups excluding tert-OH is 1. The minimum absolute atomic E-state index is 0.122. The lowest BCUT2D eigenvalue weighted by molar-refractivity contribution is -0.135. The second-order valence-electron chi connectivity index (χ2n) is 5.85. The third kappa shape index (κ3) is 4.34. The molecule has 0 spiro atoms. The first kappa shape index (κ1) is 15.6. The van der Waals surface area contributed by atoms with Crippen LogP contribution in [0.25, 0.3) is 0 Å². The molecule has 0 amide bonds. The second kappa shape index (κ2) is 7.22. The van der Waals surface area contributed by atoms with Crippen molar-refractivity contribution in [3.63, 3.8) is 0 Å². The molecule has 1 fully saturated rings. The first-order valence-electron chi connectivity index (χ1n) is 6.87. The van der Waals surface area contributed by atoms with Gasteiger partial charge in [-0.1, -0.05) is 20.3 Å². The maximum atomic E-state index is 12.3. The Balaban J connectivity index is 2.54. The third-order valence-electron chi connectivity index (χ3n) is 3.90. The van der Waals surface area contributed by atoms with Crippen molar-refractivity contribution < 1.29 is 14.6 Å². The monoisotopic (exact) mass is 257 g/mol. The van der Waals surface area contributed by atoms with Crippen LogP contribution < -0.4 is 0 Å². The zero-order valence-corrected chi connectivity index (χ0v) is 11.9. The first-order chi connectivity index (χ1) is 8.51. The van der Waals surface area contributed by atoms with Crippen LogP contribution in [0, 0.1) is 11.3 Å². The first-order valence-corrected chi connectivity index (χ1v) is 6.87. The molecule has 0 radical (unpaired) electrons. The maximum absolute atomic E-state index is 12.3. The van der Waals surface area contributed by atoms with Gasteiger partial charge < -0.3 is 9.84 Å². The average Bonchev–Trinajstić information content (AvgIpc) is 2.32. The summed E-state index contributed by atoms with van der Waals surface area (Å²) >= 11 is 0. The molecule has 0 aromatic carbocycles. The molecule has 106 valence electrons. The summed E-state index contributed by atoms with van der Waals surface area (Å²) in [7, 11) is 1.67. The van der Waals surface area contributed by atoms with Crippen LogP contribution >= 0.6 is 0 Å². The van der Waals surface area contributed by atoms with Gasteiger partial charge in [0.2, 0.25) is 0 Å². The van der Waals surface area contributed by atoms with E-state index >= 15 is 0 Å². The molecule has 4 heteroatoms. The van der Waals surface area contributed by atoms with Crippen molar-refractivity contribution in [3.8, 4) is 0 Å². The zero-order chi connectivity index (χ0) is 13.6. The van der Waals surface area contributed by atoms with Gasteiger partial charge in [0.25, 0.3) is 0 Å². The number of Topliss-reactive ketones (excluding diaryl/α,β-unsaturated/α-hetero) is 1. The van der Waals surface area contributed by atoms with Gasteiger partial charge in [-0.3, -0.25) is 9.69 Å². The molecule has 1 atom stereocenters. The SMILES string of the molecule is COCCN(CCO)CC1CCCC(C)(C)C1=O. The predicted molar refractivity (Wildman–Crippen MR) is 71.5 cm³/mol. The molecular formula is C14H27NO3. The van der Waals surface area contributed by atoms with E-state index in [0.29, 0.717) is 18.9 Å². The smallest absolute Gasteiger partial charge is 0.142 e. The summed E-state index contributed by atoms with van der Waals surface area (Å²) in [6.45, 7) is 7.03. The lowest BCUT2D eigenvalue weighted by atomic mass is 9.71. The Morgan fingerprint density at radius 1 is 1.44 bits per heavy atom. The molecule has 0 saturated heterocycles. The van der Waals surface area contributed by atoms with Crippen LogP contribution in [0.1, 0.15) is 33.1 Å². The highest BCUT2D eigenvalue weighted by atomic mass is 16.5. The van der Waals surface area contributed by atoms with Crippen molar-refractivity contribution in [1.29, 1.82) is 0 Å². The number of aliphatic hydroxyl groups is 1. The molecular weight excluding hydrogens is 230 g/mol. The molecule has 1 unspecified atom stereocenters. The number of hydrogen-bond donors (Lipinski definition) is 1. The molecule has 0 aromatic heterocycles. The van der Waals surface area contributed by atoms with Crippen molar-refractivity contribution in [2.45, 2.75) is 33.1 Å². The summed E-state index contributed by atoms with van der Waals surface area (Å²) in [5, 5.41) is 9.07. The number of nitrogens with zero attached hydrogens (tertiary/aromatic N) is 1. The molecule has 1 saturated carbocycles. The Morgan fingerprint density at radius 3 is 2.78 bits per heavy atom. The fraction of sp³-hybridized carbons (Fsp3) is 0.929. The molecule has 0 aromatic rings. The van der Waals surface area contributed by atoms with E-state index < -0.39 is 0 Å². The van der Waals surface area contributed by atoms with Crippen molar-refractivity contribution in [3.05, 3.63) is 0 Å². The van der Waals surface area contributed by atoms with Gasteiger partial charge in [0.15, 0.2) is 0 Å². The van der Waals surface area contributed by atoms with Gasteiger partial charge >= 0.3 is 0 Å². The topological polar surface area (TPSA) is 49.8 Å². The Bertz CT molecular complexity index is 266. The second-order valence-corrected chi connectivity index (χ2v) is 5.85. The zero-order valence-electron chi connectivity index (χ0n) is 11.9. The van der Waals surface area contributed by atoms with Crippen LogP contribution in [0.5, 0.6) is 0 Å². The molecule has 1 aliphatic carbocycles. The summed E-state index contributed by atoms with van der Waals surface area (Å²) in [6.07, 6.45) is 3.11. The van der Waals surface area contributed by atoms with Crippen LogP contribution in [0.3, 0.4) is 0 Å². The highest BCUT2D eigenvalue weighted by Gasteiger charge is 2.37. The quantitative estimate of drug-likeness (QED) is 0.747. The highest BCUT2D eigenvalue weighted by Crippen LogP contribution is 2.35. The molecule has 4 nitrogen and oxygen atoms in total. The van der Waals surface area contributed by atoms with Crippen LogP contribution in [0.2, 0.25) is 0 Å². The molecule has 0 bridgehead atoms. The van der Waals surface area contributed by atoms with Crippen LogP contribution in [0.4, 0.5) is 0 Å². The van der Waals surface area contributed by atoms with Crippen molar-refractivity contribution >= 4 is 5.78 Å². The fourth-order valence-corrected chi connectivity index (χ4v) is 2.74. The summed E-state index contributed by atoms with van der Waals surface area (Å²) in [4.78, 5) is 14.5. The lowest BCUT2D eigenvalue weighted by Crippen LogP contribution is -2.43. The van der Waals surface area contributed by atoms with E-state index in [9.17, 15) is 4.79 Å². The standard InChI is InChI=1S/C14H27NO3/c1-14(2)6-4-5-12(13(14)17)11-15(7-9-16)8-10-18-3/h12,16H,4-11H2,1-3H3. The van der Waals surface area contributed by atoms with Gasteiger partial charge in [-0.25, -0.2) is 0 Å². The lowest BCUT2D eigenvalue weighted by Gasteiger charge is -2.36. The van der Waals surface area contributed by atoms with Gasteiger partial charge in [0.05, 0.1) is 13.2 Å². The minimum Gasteiger partial charge on any atom is -0.395 e. The Kier molecular flexibility index (Phi) is 6.26. The third-order valence-corrected chi connectivity index (χ3v) is 3.90. The number of hydrogen-bond acceptors (Lipinski definition) is 4. The van der Waals surface area contributed by atoms with E-state index in [2.05, 4.69) is 4.90 Å². The average molecular weight is 257 g/mol. The molecule has 1 N–H and O–H groups in total. The van der Waals surface area contributed by atoms with Crippen LogP contribution in [-0.4, -0.2) is 55.7 Å². The maximum Gasteiger partial charge on any atom is 0.142 e. The largest absolute Gasteiger partial charge is 0.395 e. The molecule has 0 heterocycles. The van der Waals surface area contributed by atoms with Crippen LogP contribution in [-0.2, 0) is 9.53 Å². The fourth-order valence-electron chi connectivity index (χ4n) is 2.74. The number of rotatable bonds is 7. The summed E-state index contributed by atoms with van der Waals surface area (Å²) in [5.41, 5.74) is -0.172. The van der Waals surface area contributed by atoms with Gasteiger partial charge in [-0.05, 0) is 12.8 Å². The number of carbonyl (C=O) groups is 1. The van der Waals surface area contributed by atoms with Crippen molar-refractivity contribution in [2.75, 3.05) is 40.0 Å². The Hall–Kier alpha value is -0.450. The van der Waals surface area contributed by atoms with Crippen LogP contribution in [0.15, 0.2) is 0 Å². The molecule has 0 aliphatic heterocycles. The van der Waals surface area contributed by atoms with Gasteiger partial charge in [0.1, 0.15) is 5.78 Å². The number of ketones is 1. The normalized spacial score (nSPS) is 23.6. The summed E-state index contributed by atoms with van der Waals surface area (Å²) in [5.74, 6) is 0.506.